The third kappa shape index (κ3) is 2.18. The molecule has 3 heteroatoms. The maximum atomic E-state index is 10.8. The second-order valence-electron chi connectivity index (χ2n) is 3.56. The summed E-state index contributed by atoms with van der Waals surface area (Å²) in [5, 5.41) is 8.88. The second-order valence-corrected chi connectivity index (χ2v) is 3.56. The minimum atomic E-state index is -0.871. The van der Waals surface area contributed by atoms with Crippen LogP contribution in [-0.2, 0) is 0 Å². The van der Waals surface area contributed by atoms with E-state index < -0.39 is 5.97 Å². The second kappa shape index (κ2) is 4.17. The third-order valence-electron chi connectivity index (χ3n) is 2.52. The number of carboxylic acids is 1. The van der Waals surface area contributed by atoms with E-state index in [0.717, 1.165) is 25.2 Å². The Kier molecular flexibility index (Phi) is 2.72. The van der Waals surface area contributed by atoms with E-state index >= 15 is 0 Å². The van der Waals surface area contributed by atoms with Gasteiger partial charge in [0.05, 0.1) is 5.56 Å². The van der Waals surface area contributed by atoms with Gasteiger partial charge < -0.3 is 10.0 Å². The minimum Gasteiger partial charge on any atom is -0.478 e. The molecule has 0 radical (unpaired) electrons. The molecule has 0 fully saturated rings. The van der Waals surface area contributed by atoms with Crippen molar-refractivity contribution in [3.63, 3.8) is 0 Å². The maximum absolute atomic E-state index is 10.8. The number of hydrogen-bond donors (Lipinski definition) is 1. The lowest BCUT2D eigenvalue weighted by molar-refractivity contribution is 0.0697. The summed E-state index contributed by atoms with van der Waals surface area (Å²) in [6.07, 6.45) is 5.28. The SMILES string of the molecule is O=C(O)c1cccc(N2CC=CCC2)c1. The van der Waals surface area contributed by atoms with Gasteiger partial charge in [0.25, 0.3) is 0 Å². The Morgan fingerprint density at radius 3 is 2.87 bits per heavy atom. The molecule has 15 heavy (non-hydrogen) atoms. The van der Waals surface area contributed by atoms with Crippen molar-refractivity contribution < 1.29 is 9.90 Å². The van der Waals surface area contributed by atoms with Crippen molar-refractivity contribution in [3.05, 3.63) is 42.0 Å². The molecule has 1 aromatic rings. The number of aromatic carboxylic acids is 1. The smallest absolute Gasteiger partial charge is 0.335 e. The van der Waals surface area contributed by atoms with Gasteiger partial charge in [0, 0.05) is 18.8 Å². The first-order valence-corrected chi connectivity index (χ1v) is 5.00. The van der Waals surface area contributed by atoms with Crippen LogP contribution < -0.4 is 4.90 Å². The van der Waals surface area contributed by atoms with E-state index in [9.17, 15) is 4.79 Å². The van der Waals surface area contributed by atoms with Crippen LogP contribution in [0.3, 0.4) is 0 Å². The predicted molar refractivity (Wildman–Crippen MR) is 59.4 cm³/mol. The molecule has 0 bridgehead atoms. The Labute approximate surface area is 88.6 Å². The van der Waals surface area contributed by atoms with E-state index in [1.165, 1.54) is 0 Å². The molecule has 0 saturated carbocycles. The van der Waals surface area contributed by atoms with Gasteiger partial charge in [-0.25, -0.2) is 4.79 Å². The van der Waals surface area contributed by atoms with E-state index in [1.807, 2.05) is 6.07 Å². The molecule has 0 unspecified atom stereocenters. The highest BCUT2D eigenvalue weighted by molar-refractivity contribution is 5.88. The molecule has 1 aliphatic heterocycles. The number of anilines is 1. The molecule has 0 amide bonds. The summed E-state index contributed by atoms with van der Waals surface area (Å²) >= 11 is 0. The lowest BCUT2D eigenvalue weighted by Gasteiger charge is -2.25. The van der Waals surface area contributed by atoms with E-state index in [1.54, 1.807) is 18.2 Å². The Bertz CT molecular complexity index is 398. The van der Waals surface area contributed by atoms with Crippen LogP contribution in [0.25, 0.3) is 0 Å². The summed E-state index contributed by atoms with van der Waals surface area (Å²) in [5.41, 5.74) is 1.33. The lowest BCUT2D eigenvalue weighted by Crippen LogP contribution is -2.26. The van der Waals surface area contributed by atoms with Gasteiger partial charge in [0.1, 0.15) is 0 Å². The van der Waals surface area contributed by atoms with Gasteiger partial charge in [-0.1, -0.05) is 18.2 Å². The molecule has 0 aromatic heterocycles. The van der Waals surface area contributed by atoms with E-state index in [2.05, 4.69) is 17.1 Å². The van der Waals surface area contributed by atoms with Crippen LogP contribution in [0.5, 0.6) is 0 Å². The molecule has 1 N–H and O–H groups in total. The molecular formula is C12H13NO2. The largest absolute Gasteiger partial charge is 0.478 e. The fraction of sp³-hybridized carbons (Fsp3) is 0.250. The highest BCUT2D eigenvalue weighted by atomic mass is 16.4. The van der Waals surface area contributed by atoms with Crippen molar-refractivity contribution in [2.45, 2.75) is 6.42 Å². The molecule has 0 aliphatic carbocycles. The van der Waals surface area contributed by atoms with Crippen molar-refractivity contribution >= 4 is 11.7 Å². The zero-order chi connectivity index (χ0) is 10.7. The standard InChI is InChI=1S/C12H13NO2/c14-12(15)10-5-4-6-11(9-10)13-7-2-1-3-8-13/h1-2,4-6,9H,3,7-8H2,(H,14,15). The van der Waals surface area contributed by atoms with Crippen molar-refractivity contribution in [3.8, 4) is 0 Å². The monoisotopic (exact) mass is 203 g/mol. The molecule has 3 nitrogen and oxygen atoms in total. The summed E-state index contributed by atoms with van der Waals surface area (Å²) in [7, 11) is 0. The van der Waals surface area contributed by atoms with Crippen LogP contribution in [0.15, 0.2) is 36.4 Å². The molecule has 1 aromatic carbocycles. The number of hydrogen-bond acceptors (Lipinski definition) is 2. The molecule has 0 spiro atoms. The number of rotatable bonds is 2. The van der Waals surface area contributed by atoms with Crippen molar-refractivity contribution in [1.29, 1.82) is 0 Å². The maximum Gasteiger partial charge on any atom is 0.335 e. The summed E-state index contributed by atoms with van der Waals surface area (Å²) in [6.45, 7) is 1.82. The summed E-state index contributed by atoms with van der Waals surface area (Å²) in [5.74, 6) is -0.871. The number of nitrogens with zero attached hydrogens (tertiary/aromatic N) is 1. The Hall–Kier alpha value is -1.77. The first-order chi connectivity index (χ1) is 7.27. The fourth-order valence-corrected chi connectivity index (χ4v) is 1.71. The van der Waals surface area contributed by atoms with E-state index in [4.69, 9.17) is 5.11 Å². The van der Waals surface area contributed by atoms with Crippen LogP contribution in [0.4, 0.5) is 5.69 Å². The molecule has 0 saturated heterocycles. The van der Waals surface area contributed by atoms with Crippen LogP contribution in [0.2, 0.25) is 0 Å². The molecule has 0 atom stereocenters. The Morgan fingerprint density at radius 2 is 2.20 bits per heavy atom. The van der Waals surface area contributed by atoms with Crippen molar-refractivity contribution in [2.24, 2.45) is 0 Å². The minimum absolute atomic E-state index is 0.349. The summed E-state index contributed by atoms with van der Waals surface area (Å²) < 4.78 is 0. The van der Waals surface area contributed by atoms with Crippen LogP contribution in [0.1, 0.15) is 16.8 Å². The molecule has 1 aliphatic rings. The van der Waals surface area contributed by atoms with E-state index in [-0.39, 0.29) is 0 Å². The highest BCUT2D eigenvalue weighted by Crippen LogP contribution is 2.18. The third-order valence-corrected chi connectivity index (χ3v) is 2.52. The zero-order valence-corrected chi connectivity index (χ0v) is 8.39. The molecular weight excluding hydrogens is 190 g/mol. The predicted octanol–water partition coefficient (Wildman–Crippen LogP) is 2.15. The van der Waals surface area contributed by atoms with Crippen molar-refractivity contribution in [2.75, 3.05) is 18.0 Å². The first kappa shape index (κ1) is 9.77. The van der Waals surface area contributed by atoms with Gasteiger partial charge in [-0.3, -0.25) is 0 Å². The highest BCUT2D eigenvalue weighted by Gasteiger charge is 2.09. The molecule has 78 valence electrons. The lowest BCUT2D eigenvalue weighted by atomic mass is 10.1. The van der Waals surface area contributed by atoms with Gasteiger partial charge in [-0.2, -0.15) is 0 Å². The average molecular weight is 203 g/mol. The topological polar surface area (TPSA) is 40.5 Å². The van der Waals surface area contributed by atoms with E-state index in [0.29, 0.717) is 5.56 Å². The van der Waals surface area contributed by atoms with Crippen LogP contribution >= 0.6 is 0 Å². The van der Waals surface area contributed by atoms with Gasteiger partial charge in [-0.15, -0.1) is 0 Å². The zero-order valence-electron chi connectivity index (χ0n) is 8.39. The normalized spacial score (nSPS) is 15.3. The Morgan fingerprint density at radius 1 is 1.33 bits per heavy atom. The van der Waals surface area contributed by atoms with Gasteiger partial charge in [-0.05, 0) is 24.6 Å². The van der Waals surface area contributed by atoms with Crippen LogP contribution in [-0.4, -0.2) is 24.2 Å². The number of carboxylic acid groups (broad SMARTS) is 1. The average Bonchev–Trinajstić information content (AvgIpc) is 2.30. The quantitative estimate of drug-likeness (QED) is 0.749. The van der Waals surface area contributed by atoms with Gasteiger partial charge in [0.15, 0.2) is 0 Å². The van der Waals surface area contributed by atoms with Gasteiger partial charge in [0.2, 0.25) is 0 Å². The van der Waals surface area contributed by atoms with Gasteiger partial charge >= 0.3 is 5.97 Å². The number of benzene rings is 1. The number of carbonyl (C=O) groups is 1. The first-order valence-electron chi connectivity index (χ1n) is 5.00. The fourth-order valence-electron chi connectivity index (χ4n) is 1.71. The molecule has 1 heterocycles. The van der Waals surface area contributed by atoms with Crippen LogP contribution in [0, 0.1) is 0 Å². The van der Waals surface area contributed by atoms with Crippen molar-refractivity contribution in [1.82, 2.24) is 0 Å². The molecule has 2 rings (SSSR count). The summed E-state index contributed by atoms with van der Waals surface area (Å²) in [4.78, 5) is 13.0. The summed E-state index contributed by atoms with van der Waals surface area (Å²) in [6, 6.07) is 7.08. The Balaban J connectivity index is 2.24.